The number of rotatable bonds is 7. The van der Waals surface area contributed by atoms with Crippen LogP contribution in [0.4, 0.5) is 0 Å². The Morgan fingerprint density at radius 1 is 1.38 bits per heavy atom. The highest BCUT2D eigenvalue weighted by Gasteiger charge is 2.34. The molecule has 0 radical (unpaired) electrons. The average molecular weight is 404 g/mol. The lowest BCUT2D eigenvalue weighted by Gasteiger charge is -2.28. The first-order valence-electron chi connectivity index (χ1n) is 8.39. The number of ether oxygens (including phenoxy) is 1. The van der Waals surface area contributed by atoms with Crippen LogP contribution in [0.5, 0.6) is 5.75 Å². The largest absolute Gasteiger partial charge is 0.507 e. The zero-order chi connectivity index (χ0) is 19.3. The summed E-state index contributed by atoms with van der Waals surface area (Å²) in [6, 6.07) is 3.54. The lowest BCUT2D eigenvalue weighted by molar-refractivity contribution is -0.136. The molecular weight excluding hydrogens is 382 g/mol. The number of halogens is 1. The Bertz CT molecular complexity index is 779. The molecule has 1 atom stereocenters. The van der Waals surface area contributed by atoms with Crippen molar-refractivity contribution in [3.8, 4) is 5.75 Å². The van der Waals surface area contributed by atoms with Crippen LogP contribution in [0.3, 0.4) is 0 Å². The molecule has 0 aromatic heterocycles. The van der Waals surface area contributed by atoms with E-state index in [1.807, 2.05) is 6.92 Å². The van der Waals surface area contributed by atoms with E-state index in [0.29, 0.717) is 13.0 Å². The summed E-state index contributed by atoms with van der Waals surface area (Å²) in [7, 11) is -3.13. The molecule has 7 nitrogen and oxygen atoms in total. The van der Waals surface area contributed by atoms with Crippen molar-refractivity contribution in [3.05, 3.63) is 28.8 Å². The molecule has 0 saturated carbocycles. The third kappa shape index (κ3) is 5.35. The SMILES string of the molecule is CCCCN(C(=O)COC(=O)c1cc(Cl)ccc1O)[C@@H]1CCS(=O)(=O)C1. The van der Waals surface area contributed by atoms with Gasteiger partial charge in [0.1, 0.15) is 11.3 Å². The Balaban J connectivity index is 2.02. The minimum Gasteiger partial charge on any atom is -0.507 e. The van der Waals surface area contributed by atoms with Crippen LogP contribution in [0.2, 0.25) is 5.02 Å². The summed E-state index contributed by atoms with van der Waals surface area (Å²) < 4.78 is 28.4. The summed E-state index contributed by atoms with van der Waals surface area (Å²) in [5.41, 5.74) is -0.131. The molecule has 0 bridgehead atoms. The van der Waals surface area contributed by atoms with Crippen molar-refractivity contribution in [2.45, 2.75) is 32.2 Å². The Kier molecular flexibility index (Phi) is 6.88. The molecule has 1 aliphatic heterocycles. The number of aromatic hydroxyl groups is 1. The first-order valence-corrected chi connectivity index (χ1v) is 10.6. The fourth-order valence-electron chi connectivity index (χ4n) is 2.82. The molecule has 1 saturated heterocycles. The Morgan fingerprint density at radius 3 is 2.73 bits per heavy atom. The summed E-state index contributed by atoms with van der Waals surface area (Å²) in [5, 5.41) is 9.96. The second kappa shape index (κ2) is 8.73. The number of sulfone groups is 1. The standard InChI is InChI=1S/C17H22ClNO6S/c1-2-3-7-19(13-6-8-26(23,24)11-13)16(21)10-25-17(22)14-9-12(18)4-5-15(14)20/h4-5,9,13,20H,2-3,6-8,10-11H2,1H3/t13-/m1/s1. The predicted octanol–water partition coefficient (Wildman–Crippen LogP) is 2.02. The molecule has 9 heteroatoms. The van der Waals surface area contributed by atoms with E-state index >= 15 is 0 Å². The number of carbonyl (C=O) groups excluding carboxylic acids is 2. The highest BCUT2D eigenvalue weighted by Crippen LogP contribution is 2.23. The minimum atomic E-state index is -3.13. The van der Waals surface area contributed by atoms with Gasteiger partial charge in [-0.3, -0.25) is 4.79 Å². The minimum absolute atomic E-state index is 0.0593. The van der Waals surface area contributed by atoms with Crippen LogP contribution in [0.25, 0.3) is 0 Å². The van der Waals surface area contributed by atoms with Crippen LogP contribution in [-0.4, -0.2) is 61.0 Å². The van der Waals surface area contributed by atoms with Crippen molar-refractivity contribution in [1.82, 2.24) is 4.90 Å². The zero-order valence-electron chi connectivity index (χ0n) is 14.5. The predicted molar refractivity (Wildman–Crippen MR) is 97.1 cm³/mol. The third-order valence-corrected chi connectivity index (χ3v) is 6.21. The van der Waals surface area contributed by atoms with E-state index < -0.39 is 34.4 Å². The lowest BCUT2D eigenvalue weighted by Crippen LogP contribution is -2.43. The molecule has 144 valence electrons. The van der Waals surface area contributed by atoms with Gasteiger partial charge in [0, 0.05) is 17.6 Å². The number of amides is 1. The summed E-state index contributed by atoms with van der Waals surface area (Å²) in [4.78, 5) is 26.1. The van der Waals surface area contributed by atoms with E-state index in [0.717, 1.165) is 12.8 Å². The Morgan fingerprint density at radius 2 is 2.12 bits per heavy atom. The molecule has 1 aromatic carbocycles. The summed E-state index contributed by atoms with van der Waals surface area (Å²) >= 11 is 5.79. The van der Waals surface area contributed by atoms with E-state index in [1.165, 1.54) is 23.1 Å². The number of phenolic OH excluding ortho intramolecular Hbond substituents is 1. The zero-order valence-corrected chi connectivity index (χ0v) is 16.1. The van der Waals surface area contributed by atoms with Crippen LogP contribution < -0.4 is 0 Å². The molecule has 1 aromatic rings. The Hall–Kier alpha value is -1.80. The van der Waals surface area contributed by atoms with Crippen molar-refractivity contribution in [3.63, 3.8) is 0 Å². The molecule has 0 aliphatic carbocycles. The molecule has 1 heterocycles. The lowest BCUT2D eigenvalue weighted by atomic mass is 10.2. The second-order valence-electron chi connectivity index (χ2n) is 6.24. The monoisotopic (exact) mass is 403 g/mol. The fraction of sp³-hybridized carbons (Fsp3) is 0.529. The van der Waals surface area contributed by atoms with E-state index in [4.69, 9.17) is 16.3 Å². The van der Waals surface area contributed by atoms with Crippen molar-refractivity contribution >= 4 is 33.3 Å². The number of benzene rings is 1. The average Bonchev–Trinajstić information content (AvgIpc) is 2.94. The van der Waals surface area contributed by atoms with Crippen LogP contribution in [0.15, 0.2) is 18.2 Å². The Labute approximate surface area is 157 Å². The number of hydrogen-bond acceptors (Lipinski definition) is 6. The van der Waals surface area contributed by atoms with E-state index in [9.17, 15) is 23.1 Å². The number of hydrogen-bond donors (Lipinski definition) is 1. The molecule has 0 spiro atoms. The molecule has 2 rings (SSSR count). The molecular formula is C17H22ClNO6S. The van der Waals surface area contributed by atoms with Crippen molar-refractivity contribution in [1.29, 1.82) is 0 Å². The number of carbonyl (C=O) groups is 2. The van der Waals surface area contributed by atoms with Gasteiger partial charge in [0.05, 0.1) is 11.5 Å². The van der Waals surface area contributed by atoms with Crippen LogP contribution in [0.1, 0.15) is 36.5 Å². The number of phenols is 1. The van der Waals surface area contributed by atoms with Crippen LogP contribution >= 0.6 is 11.6 Å². The highest BCUT2D eigenvalue weighted by atomic mass is 35.5. The number of nitrogens with zero attached hydrogens (tertiary/aromatic N) is 1. The van der Waals surface area contributed by atoms with Gasteiger partial charge < -0.3 is 14.7 Å². The van der Waals surface area contributed by atoms with Gasteiger partial charge in [0.15, 0.2) is 16.4 Å². The van der Waals surface area contributed by atoms with Gasteiger partial charge >= 0.3 is 5.97 Å². The van der Waals surface area contributed by atoms with Gasteiger partial charge in [-0.15, -0.1) is 0 Å². The topological polar surface area (TPSA) is 101 Å². The van der Waals surface area contributed by atoms with Crippen molar-refractivity contribution < 1.29 is 27.9 Å². The first kappa shape index (κ1) is 20.5. The quantitative estimate of drug-likeness (QED) is 0.699. The van der Waals surface area contributed by atoms with Gasteiger partial charge in [0.2, 0.25) is 0 Å². The van der Waals surface area contributed by atoms with E-state index in [2.05, 4.69) is 0 Å². The molecule has 1 aliphatic rings. The van der Waals surface area contributed by atoms with Crippen molar-refractivity contribution in [2.75, 3.05) is 24.7 Å². The molecule has 26 heavy (non-hydrogen) atoms. The smallest absolute Gasteiger partial charge is 0.342 e. The summed E-state index contributed by atoms with van der Waals surface area (Å²) in [5.74, 6) is -1.62. The van der Waals surface area contributed by atoms with Crippen molar-refractivity contribution in [2.24, 2.45) is 0 Å². The van der Waals surface area contributed by atoms with Gasteiger partial charge in [-0.25, -0.2) is 13.2 Å². The molecule has 1 fully saturated rings. The number of unbranched alkanes of at least 4 members (excludes halogenated alkanes) is 1. The fourth-order valence-corrected chi connectivity index (χ4v) is 4.72. The molecule has 0 unspecified atom stereocenters. The second-order valence-corrected chi connectivity index (χ2v) is 8.90. The maximum Gasteiger partial charge on any atom is 0.342 e. The van der Waals surface area contributed by atoms with Gasteiger partial charge in [0.25, 0.3) is 5.91 Å². The summed E-state index contributed by atoms with van der Waals surface area (Å²) in [6.07, 6.45) is 1.96. The summed E-state index contributed by atoms with van der Waals surface area (Å²) in [6.45, 7) is 1.86. The van der Waals surface area contributed by atoms with Crippen LogP contribution in [0, 0.1) is 0 Å². The maximum atomic E-state index is 12.5. The third-order valence-electron chi connectivity index (χ3n) is 4.23. The number of esters is 1. The maximum absolute atomic E-state index is 12.5. The van der Waals surface area contributed by atoms with E-state index in [-0.39, 0.29) is 27.8 Å². The van der Waals surface area contributed by atoms with Gasteiger partial charge in [-0.2, -0.15) is 0 Å². The molecule has 1 amide bonds. The van der Waals surface area contributed by atoms with Crippen LogP contribution in [-0.2, 0) is 19.4 Å². The molecule has 1 N–H and O–H groups in total. The normalized spacial score (nSPS) is 18.5. The van der Waals surface area contributed by atoms with Gasteiger partial charge in [-0.05, 0) is 31.0 Å². The van der Waals surface area contributed by atoms with E-state index in [1.54, 1.807) is 0 Å². The van der Waals surface area contributed by atoms with Gasteiger partial charge in [-0.1, -0.05) is 24.9 Å². The highest BCUT2D eigenvalue weighted by molar-refractivity contribution is 7.91. The first-order chi connectivity index (χ1) is 12.2.